The van der Waals surface area contributed by atoms with Gasteiger partial charge in [-0.3, -0.25) is 4.79 Å². The van der Waals surface area contributed by atoms with E-state index in [4.69, 9.17) is 28.9 Å². The van der Waals surface area contributed by atoms with Crippen molar-refractivity contribution in [1.82, 2.24) is 4.31 Å². The van der Waals surface area contributed by atoms with Crippen molar-refractivity contribution in [2.24, 2.45) is 5.92 Å². The van der Waals surface area contributed by atoms with E-state index in [1.807, 2.05) is 0 Å². The van der Waals surface area contributed by atoms with E-state index >= 15 is 0 Å². The summed E-state index contributed by atoms with van der Waals surface area (Å²) in [4.78, 5) is 11.8. The molecule has 0 saturated carbocycles. The quantitative estimate of drug-likeness (QED) is 0.672. The lowest BCUT2D eigenvalue weighted by atomic mass is 9.97. The Morgan fingerprint density at radius 1 is 1.10 bits per heavy atom. The van der Waals surface area contributed by atoms with Crippen molar-refractivity contribution < 1.29 is 22.0 Å². The fourth-order valence-corrected chi connectivity index (χ4v) is 5.11. The number of carbonyl (C=O) groups excluding carboxylic acids is 1. The molecular weight excluding hydrogens is 447 g/mol. The standard InChI is InChI=1S/C18H17Cl2F2N3O3S/c19-13-8-12(9-14(20)17(13)23)24-18(26)10-3-5-25(6-4-10)29(27,28)16-7-11(21)1-2-15(16)22/h1-2,7-10H,3-6,23H2,(H,24,26). The zero-order valence-electron chi connectivity index (χ0n) is 15.0. The van der Waals surface area contributed by atoms with Gasteiger partial charge in [0.05, 0.1) is 15.7 Å². The molecule has 3 rings (SSSR count). The Bertz CT molecular complexity index is 1040. The third kappa shape index (κ3) is 4.63. The largest absolute Gasteiger partial charge is 0.396 e. The molecule has 0 bridgehead atoms. The highest BCUT2D eigenvalue weighted by Gasteiger charge is 2.33. The smallest absolute Gasteiger partial charge is 0.246 e. The van der Waals surface area contributed by atoms with Crippen LogP contribution < -0.4 is 11.1 Å². The van der Waals surface area contributed by atoms with Gasteiger partial charge in [0.1, 0.15) is 16.5 Å². The average molecular weight is 464 g/mol. The second-order valence-corrected chi connectivity index (χ2v) is 9.32. The van der Waals surface area contributed by atoms with Gasteiger partial charge in [-0.1, -0.05) is 23.2 Å². The number of sulfonamides is 1. The van der Waals surface area contributed by atoms with Crippen LogP contribution in [0.2, 0.25) is 10.0 Å². The minimum absolute atomic E-state index is 0.000374. The summed E-state index contributed by atoms with van der Waals surface area (Å²) in [6.45, 7) is -0.000747. The molecule has 2 aromatic rings. The van der Waals surface area contributed by atoms with Crippen LogP contribution in [0.25, 0.3) is 0 Å². The van der Waals surface area contributed by atoms with E-state index in [0.29, 0.717) is 11.8 Å². The lowest BCUT2D eigenvalue weighted by Gasteiger charge is -2.30. The lowest BCUT2D eigenvalue weighted by Crippen LogP contribution is -2.41. The normalized spacial score (nSPS) is 16.0. The van der Waals surface area contributed by atoms with Crippen LogP contribution in [-0.2, 0) is 14.8 Å². The van der Waals surface area contributed by atoms with Crippen molar-refractivity contribution in [3.63, 3.8) is 0 Å². The second kappa shape index (κ2) is 8.43. The van der Waals surface area contributed by atoms with Gasteiger partial charge >= 0.3 is 0 Å². The number of rotatable bonds is 4. The van der Waals surface area contributed by atoms with Crippen molar-refractivity contribution >= 4 is 50.5 Å². The van der Waals surface area contributed by atoms with Crippen LogP contribution in [0, 0.1) is 17.6 Å². The number of halogens is 4. The molecule has 1 amide bonds. The van der Waals surface area contributed by atoms with Crippen molar-refractivity contribution in [3.05, 3.63) is 52.0 Å². The second-order valence-electron chi connectivity index (χ2n) is 6.60. The maximum Gasteiger partial charge on any atom is 0.246 e. The molecule has 3 N–H and O–H groups in total. The van der Waals surface area contributed by atoms with E-state index in [9.17, 15) is 22.0 Å². The molecule has 1 heterocycles. The summed E-state index contributed by atoms with van der Waals surface area (Å²) < 4.78 is 53.5. The van der Waals surface area contributed by atoms with Gasteiger partial charge < -0.3 is 11.1 Å². The van der Waals surface area contributed by atoms with Gasteiger partial charge in [0.2, 0.25) is 15.9 Å². The Hall–Kier alpha value is -1.94. The van der Waals surface area contributed by atoms with Crippen molar-refractivity contribution in [1.29, 1.82) is 0 Å². The number of amides is 1. The van der Waals surface area contributed by atoms with Gasteiger partial charge in [-0.05, 0) is 43.2 Å². The zero-order valence-corrected chi connectivity index (χ0v) is 17.3. The number of hydrogen-bond donors (Lipinski definition) is 2. The lowest BCUT2D eigenvalue weighted by molar-refractivity contribution is -0.120. The zero-order chi connectivity index (χ0) is 21.3. The Kier molecular flexibility index (Phi) is 6.33. The minimum atomic E-state index is -4.20. The summed E-state index contributed by atoms with van der Waals surface area (Å²) in [5.74, 6) is -2.66. The van der Waals surface area contributed by atoms with Crippen LogP contribution in [0.3, 0.4) is 0 Å². The van der Waals surface area contributed by atoms with E-state index in [-0.39, 0.29) is 47.6 Å². The Balaban J connectivity index is 1.67. The summed E-state index contributed by atoms with van der Waals surface area (Å²) in [7, 11) is -4.20. The van der Waals surface area contributed by atoms with Gasteiger partial charge in [-0.2, -0.15) is 4.31 Å². The summed E-state index contributed by atoms with van der Waals surface area (Å²) in [6, 6.07) is 5.20. The number of benzene rings is 2. The predicted octanol–water partition coefficient (Wildman–Crippen LogP) is 3.89. The Labute approximate surface area is 176 Å². The van der Waals surface area contributed by atoms with E-state index in [1.165, 1.54) is 12.1 Å². The molecule has 11 heteroatoms. The summed E-state index contributed by atoms with van der Waals surface area (Å²) in [6.07, 6.45) is 0.441. The first-order chi connectivity index (χ1) is 13.6. The Morgan fingerprint density at radius 2 is 1.69 bits per heavy atom. The molecule has 0 unspecified atom stereocenters. The monoisotopic (exact) mass is 463 g/mol. The molecule has 6 nitrogen and oxygen atoms in total. The first-order valence-electron chi connectivity index (χ1n) is 8.60. The van der Waals surface area contributed by atoms with E-state index in [1.54, 1.807) is 0 Å². The molecule has 156 valence electrons. The fourth-order valence-electron chi connectivity index (χ4n) is 3.07. The third-order valence-corrected chi connectivity index (χ3v) is 7.22. The molecule has 0 aromatic heterocycles. The van der Waals surface area contributed by atoms with Crippen LogP contribution in [0.5, 0.6) is 0 Å². The highest BCUT2D eigenvalue weighted by atomic mass is 35.5. The molecule has 0 spiro atoms. The summed E-state index contributed by atoms with van der Waals surface area (Å²) in [5.41, 5.74) is 6.23. The molecule has 1 fully saturated rings. The van der Waals surface area contributed by atoms with Crippen LogP contribution >= 0.6 is 23.2 Å². The van der Waals surface area contributed by atoms with Gasteiger partial charge in [0.15, 0.2) is 0 Å². The first kappa shape index (κ1) is 21.8. The van der Waals surface area contributed by atoms with Gasteiger partial charge in [0.25, 0.3) is 0 Å². The minimum Gasteiger partial charge on any atom is -0.396 e. The number of hydrogen-bond acceptors (Lipinski definition) is 4. The molecule has 1 aliphatic heterocycles. The van der Waals surface area contributed by atoms with Crippen LogP contribution in [0.15, 0.2) is 35.2 Å². The van der Waals surface area contributed by atoms with Gasteiger partial charge in [0, 0.05) is 24.7 Å². The van der Waals surface area contributed by atoms with Crippen LogP contribution in [0.4, 0.5) is 20.2 Å². The Morgan fingerprint density at radius 3 is 2.28 bits per heavy atom. The fraction of sp³-hybridized carbons (Fsp3) is 0.278. The number of nitrogen functional groups attached to an aromatic ring is 1. The van der Waals surface area contributed by atoms with Gasteiger partial charge in [-0.15, -0.1) is 0 Å². The van der Waals surface area contributed by atoms with Crippen molar-refractivity contribution in [2.75, 3.05) is 24.1 Å². The molecular formula is C18H17Cl2F2N3O3S. The number of anilines is 2. The van der Waals surface area contributed by atoms with E-state index < -0.39 is 32.5 Å². The summed E-state index contributed by atoms with van der Waals surface area (Å²) >= 11 is 11.9. The van der Waals surface area contributed by atoms with E-state index in [2.05, 4.69) is 5.32 Å². The van der Waals surface area contributed by atoms with Gasteiger partial charge in [-0.25, -0.2) is 17.2 Å². The summed E-state index contributed by atoms with van der Waals surface area (Å²) in [5, 5.41) is 3.08. The van der Waals surface area contributed by atoms with Crippen LogP contribution in [0.1, 0.15) is 12.8 Å². The third-order valence-electron chi connectivity index (χ3n) is 4.68. The predicted molar refractivity (Wildman–Crippen MR) is 107 cm³/mol. The topological polar surface area (TPSA) is 92.5 Å². The first-order valence-corrected chi connectivity index (χ1v) is 10.8. The molecule has 0 atom stereocenters. The highest BCUT2D eigenvalue weighted by molar-refractivity contribution is 7.89. The van der Waals surface area contributed by atoms with Crippen LogP contribution in [-0.4, -0.2) is 31.7 Å². The molecule has 1 saturated heterocycles. The number of piperidine rings is 1. The highest BCUT2D eigenvalue weighted by Crippen LogP contribution is 2.32. The maximum absolute atomic E-state index is 13.9. The SMILES string of the molecule is Nc1c(Cl)cc(NC(=O)C2CCN(S(=O)(=O)c3cc(F)ccc3F)CC2)cc1Cl. The molecule has 29 heavy (non-hydrogen) atoms. The number of nitrogens with zero attached hydrogens (tertiary/aromatic N) is 1. The maximum atomic E-state index is 13.9. The molecule has 0 radical (unpaired) electrons. The van der Waals surface area contributed by atoms with Crippen molar-refractivity contribution in [3.8, 4) is 0 Å². The average Bonchev–Trinajstić information content (AvgIpc) is 2.68. The molecule has 2 aromatic carbocycles. The molecule has 1 aliphatic rings. The number of nitrogens with one attached hydrogen (secondary N) is 1. The van der Waals surface area contributed by atoms with E-state index in [0.717, 1.165) is 16.4 Å². The van der Waals surface area contributed by atoms with Crippen molar-refractivity contribution in [2.45, 2.75) is 17.7 Å². The number of nitrogens with two attached hydrogens (primary N) is 1. The molecule has 0 aliphatic carbocycles. The number of carbonyl (C=O) groups is 1.